The van der Waals surface area contributed by atoms with Crippen molar-refractivity contribution < 1.29 is 23.8 Å². The summed E-state index contributed by atoms with van der Waals surface area (Å²) in [4.78, 5) is 22.3. The van der Waals surface area contributed by atoms with Crippen molar-refractivity contribution in [1.82, 2.24) is 0 Å². The molecule has 1 aromatic heterocycles. The first kappa shape index (κ1) is 14.6. The highest BCUT2D eigenvalue weighted by molar-refractivity contribution is 8.00. The third kappa shape index (κ3) is 4.10. The van der Waals surface area contributed by atoms with Gasteiger partial charge in [-0.15, -0.1) is 0 Å². The largest absolute Gasteiger partial charge is 0.475 e. The van der Waals surface area contributed by atoms with Crippen LogP contribution in [-0.2, 0) is 9.53 Å². The number of carboxylic acid groups (broad SMARTS) is 1. The molecule has 1 rings (SSSR count). The Morgan fingerprint density at radius 3 is 2.67 bits per heavy atom. The molecular weight excluding hydrogens is 256 g/mol. The Kier molecular flexibility index (Phi) is 5.77. The highest BCUT2D eigenvalue weighted by Crippen LogP contribution is 2.29. The number of rotatable bonds is 7. The van der Waals surface area contributed by atoms with E-state index in [0.717, 1.165) is 6.42 Å². The molecule has 1 aromatic rings. The zero-order chi connectivity index (χ0) is 13.5. The number of aromatic carboxylic acids is 1. The number of hydrogen-bond acceptors (Lipinski definition) is 5. The Bertz CT molecular complexity index is 412. The van der Waals surface area contributed by atoms with Crippen LogP contribution < -0.4 is 0 Å². The van der Waals surface area contributed by atoms with Crippen LogP contribution in [0.1, 0.15) is 37.2 Å². The van der Waals surface area contributed by atoms with Crippen molar-refractivity contribution in [3.63, 3.8) is 0 Å². The van der Waals surface area contributed by atoms with Crippen LogP contribution in [0, 0.1) is 0 Å². The first-order valence-corrected chi connectivity index (χ1v) is 6.62. The molecule has 0 saturated heterocycles. The molecule has 0 spiro atoms. The molecule has 0 fully saturated rings. The van der Waals surface area contributed by atoms with Crippen molar-refractivity contribution in [2.75, 3.05) is 6.61 Å². The van der Waals surface area contributed by atoms with Crippen molar-refractivity contribution in [2.24, 2.45) is 0 Å². The lowest BCUT2D eigenvalue weighted by molar-refractivity contribution is -0.142. The number of ether oxygens (including phenoxy) is 1. The summed E-state index contributed by atoms with van der Waals surface area (Å²) in [7, 11) is 0. The zero-order valence-corrected chi connectivity index (χ0v) is 11.2. The van der Waals surface area contributed by atoms with Crippen LogP contribution in [0.15, 0.2) is 21.6 Å². The third-order valence-corrected chi connectivity index (χ3v) is 3.32. The number of furan rings is 1. The van der Waals surface area contributed by atoms with E-state index >= 15 is 0 Å². The maximum Gasteiger partial charge on any atom is 0.371 e. The van der Waals surface area contributed by atoms with Crippen LogP contribution in [0.5, 0.6) is 0 Å². The van der Waals surface area contributed by atoms with Gasteiger partial charge in [-0.25, -0.2) is 4.79 Å². The van der Waals surface area contributed by atoms with E-state index in [1.54, 1.807) is 13.0 Å². The van der Waals surface area contributed by atoms with E-state index in [2.05, 4.69) is 0 Å². The molecule has 5 nitrogen and oxygen atoms in total. The SMILES string of the molecule is CCCC(Sc1ccc(C(=O)O)o1)C(=O)OCC. The number of thioether (sulfide) groups is 1. The second-order valence-corrected chi connectivity index (χ2v) is 4.78. The molecule has 0 aliphatic carbocycles. The van der Waals surface area contributed by atoms with Crippen LogP contribution in [0.3, 0.4) is 0 Å². The van der Waals surface area contributed by atoms with Gasteiger partial charge in [0.2, 0.25) is 5.76 Å². The zero-order valence-electron chi connectivity index (χ0n) is 10.3. The molecule has 0 aliphatic heterocycles. The molecule has 1 N–H and O–H groups in total. The number of carbonyl (C=O) groups is 2. The van der Waals surface area contributed by atoms with Gasteiger partial charge in [0.25, 0.3) is 0 Å². The molecule has 1 heterocycles. The molecular formula is C12H16O5S. The van der Waals surface area contributed by atoms with Gasteiger partial charge in [0.05, 0.1) is 6.61 Å². The van der Waals surface area contributed by atoms with E-state index < -0.39 is 5.97 Å². The fourth-order valence-corrected chi connectivity index (χ4v) is 2.44. The summed E-state index contributed by atoms with van der Waals surface area (Å²) in [5.41, 5.74) is 0. The van der Waals surface area contributed by atoms with Gasteiger partial charge in [0.15, 0.2) is 5.09 Å². The van der Waals surface area contributed by atoms with Crippen molar-refractivity contribution in [3.8, 4) is 0 Å². The molecule has 0 aromatic carbocycles. The monoisotopic (exact) mass is 272 g/mol. The normalized spacial score (nSPS) is 12.1. The molecule has 0 aliphatic rings. The third-order valence-electron chi connectivity index (χ3n) is 2.15. The predicted octanol–water partition coefficient (Wildman–Crippen LogP) is 2.80. The van der Waals surface area contributed by atoms with Gasteiger partial charge in [-0.2, -0.15) is 0 Å². The molecule has 100 valence electrons. The average Bonchev–Trinajstić information content (AvgIpc) is 2.77. The second kappa shape index (κ2) is 7.10. The summed E-state index contributed by atoms with van der Waals surface area (Å²) < 4.78 is 10.1. The minimum absolute atomic E-state index is 0.128. The summed E-state index contributed by atoms with van der Waals surface area (Å²) in [5, 5.41) is 8.79. The van der Waals surface area contributed by atoms with E-state index in [4.69, 9.17) is 14.3 Å². The van der Waals surface area contributed by atoms with Gasteiger partial charge < -0.3 is 14.3 Å². The maximum absolute atomic E-state index is 11.7. The van der Waals surface area contributed by atoms with Gasteiger partial charge in [-0.1, -0.05) is 25.1 Å². The standard InChI is InChI=1S/C12H16O5S/c1-3-5-9(12(15)16-4-2)18-10-7-6-8(17-10)11(13)14/h6-7,9H,3-5H2,1-2H3,(H,13,14). The number of carboxylic acids is 1. The Labute approximate surface area is 109 Å². The van der Waals surface area contributed by atoms with Gasteiger partial charge in [-0.05, 0) is 25.5 Å². The lowest BCUT2D eigenvalue weighted by Crippen LogP contribution is -2.19. The number of esters is 1. The molecule has 1 atom stereocenters. The van der Waals surface area contributed by atoms with Crippen LogP contribution in [0.25, 0.3) is 0 Å². The van der Waals surface area contributed by atoms with E-state index in [1.165, 1.54) is 17.8 Å². The Morgan fingerprint density at radius 2 is 2.17 bits per heavy atom. The molecule has 18 heavy (non-hydrogen) atoms. The van der Waals surface area contributed by atoms with Gasteiger partial charge in [0, 0.05) is 0 Å². The maximum atomic E-state index is 11.7. The Hall–Kier alpha value is -1.43. The molecule has 0 bridgehead atoms. The highest BCUT2D eigenvalue weighted by Gasteiger charge is 2.22. The fourth-order valence-electron chi connectivity index (χ4n) is 1.36. The van der Waals surface area contributed by atoms with Crippen molar-refractivity contribution in [1.29, 1.82) is 0 Å². The molecule has 0 radical (unpaired) electrons. The molecule has 0 amide bonds. The van der Waals surface area contributed by atoms with Crippen LogP contribution >= 0.6 is 11.8 Å². The van der Waals surface area contributed by atoms with Gasteiger partial charge >= 0.3 is 11.9 Å². The van der Waals surface area contributed by atoms with Crippen molar-refractivity contribution in [2.45, 2.75) is 37.0 Å². The Morgan fingerprint density at radius 1 is 1.44 bits per heavy atom. The van der Waals surface area contributed by atoms with Crippen molar-refractivity contribution in [3.05, 3.63) is 17.9 Å². The minimum Gasteiger partial charge on any atom is -0.475 e. The fraction of sp³-hybridized carbons (Fsp3) is 0.500. The summed E-state index contributed by atoms with van der Waals surface area (Å²) in [6, 6.07) is 2.93. The lowest BCUT2D eigenvalue weighted by atomic mass is 10.2. The first-order valence-electron chi connectivity index (χ1n) is 5.74. The average molecular weight is 272 g/mol. The van der Waals surface area contributed by atoms with Crippen molar-refractivity contribution >= 4 is 23.7 Å². The lowest BCUT2D eigenvalue weighted by Gasteiger charge is -2.12. The topological polar surface area (TPSA) is 76.7 Å². The predicted molar refractivity (Wildman–Crippen MR) is 66.9 cm³/mol. The number of carbonyl (C=O) groups excluding carboxylic acids is 1. The Balaban J connectivity index is 2.69. The van der Waals surface area contributed by atoms with E-state index in [-0.39, 0.29) is 17.0 Å². The smallest absolute Gasteiger partial charge is 0.371 e. The highest BCUT2D eigenvalue weighted by atomic mass is 32.2. The minimum atomic E-state index is -1.12. The molecule has 0 saturated carbocycles. The summed E-state index contributed by atoms with van der Waals surface area (Å²) in [6.07, 6.45) is 1.50. The summed E-state index contributed by atoms with van der Waals surface area (Å²) in [6.45, 7) is 4.05. The van der Waals surface area contributed by atoms with E-state index in [1.807, 2.05) is 6.92 Å². The molecule has 1 unspecified atom stereocenters. The van der Waals surface area contributed by atoms with Crippen LogP contribution in [-0.4, -0.2) is 28.9 Å². The molecule has 6 heteroatoms. The van der Waals surface area contributed by atoms with E-state index in [0.29, 0.717) is 18.1 Å². The summed E-state index contributed by atoms with van der Waals surface area (Å²) in [5.74, 6) is -1.54. The van der Waals surface area contributed by atoms with Crippen LogP contribution in [0.4, 0.5) is 0 Å². The first-order chi connectivity index (χ1) is 8.58. The quantitative estimate of drug-likeness (QED) is 0.607. The summed E-state index contributed by atoms with van der Waals surface area (Å²) >= 11 is 1.20. The number of hydrogen-bond donors (Lipinski definition) is 1. The van der Waals surface area contributed by atoms with E-state index in [9.17, 15) is 9.59 Å². The second-order valence-electron chi connectivity index (χ2n) is 3.57. The van der Waals surface area contributed by atoms with Gasteiger partial charge in [-0.3, -0.25) is 4.79 Å². The van der Waals surface area contributed by atoms with Gasteiger partial charge in [0.1, 0.15) is 5.25 Å². The van der Waals surface area contributed by atoms with Crippen LogP contribution in [0.2, 0.25) is 0 Å².